The number of ether oxygens (including phenoxy) is 3. The molecule has 0 fully saturated rings. The highest BCUT2D eigenvalue weighted by molar-refractivity contribution is 6.30. The lowest BCUT2D eigenvalue weighted by Crippen LogP contribution is -2.22. The van der Waals surface area contributed by atoms with Gasteiger partial charge in [0.05, 0.1) is 5.39 Å². The van der Waals surface area contributed by atoms with Crippen molar-refractivity contribution in [1.29, 1.82) is 0 Å². The monoisotopic (exact) mass is 453 g/mol. The molecule has 0 saturated carbocycles. The van der Waals surface area contributed by atoms with E-state index in [0.29, 0.717) is 10.6 Å². The number of hydrogen-bond acceptors (Lipinski definition) is 10. The van der Waals surface area contributed by atoms with Gasteiger partial charge in [0.15, 0.2) is 5.52 Å². The van der Waals surface area contributed by atoms with Crippen LogP contribution in [0.1, 0.15) is 0 Å². The molecule has 5 rings (SSSR count). The highest BCUT2D eigenvalue weighted by Crippen LogP contribution is 2.44. The number of hydrogen-bond donors (Lipinski definition) is 0. The van der Waals surface area contributed by atoms with Crippen LogP contribution >= 0.6 is 11.6 Å². The van der Waals surface area contributed by atoms with Gasteiger partial charge in [-0.1, -0.05) is 28.6 Å². The average Bonchev–Trinajstić information content (AvgIpc) is 3.11. The fraction of sp³-hybridized carbons (Fsp3) is 0. The van der Waals surface area contributed by atoms with E-state index < -0.39 is 29.8 Å². The van der Waals surface area contributed by atoms with Crippen molar-refractivity contribution < 1.29 is 38.2 Å². The molecule has 0 amide bonds. The highest BCUT2D eigenvalue weighted by Gasteiger charge is 2.32. The first-order valence-electron chi connectivity index (χ1n) is 8.85. The molecule has 3 aromatic rings. The van der Waals surface area contributed by atoms with E-state index in [1.807, 2.05) is 0 Å². The van der Waals surface area contributed by atoms with Crippen LogP contribution in [-0.4, -0.2) is 38.8 Å². The Balaban J connectivity index is 1.88. The summed E-state index contributed by atoms with van der Waals surface area (Å²) < 4.78 is 15.6. The molecule has 0 spiro atoms. The van der Waals surface area contributed by atoms with E-state index in [-0.39, 0.29) is 28.2 Å². The Labute approximate surface area is 182 Å². The molecule has 158 valence electrons. The first-order chi connectivity index (χ1) is 15.4. The Kier molecular flexibility index (Phi) is 4.45. The van der Waals surface area contributed by atoms with Crippen molar-refractivity contribution in [3.8, 4) is 28.8 Å². The number of benzene rings is 1. The zero-order chi connectivity index (χ0) is 22.4. The number of halogens is 1. The number of carbonyl (C=O) groups excluding carboxylic acids is 4. The van der Waals surface area contributed by atoms with Gasteiger partial charge in [0.1, 0.15) is 5.69 Å². The normalized spacial score (nSPS) is 15.4. The quantitative estimate of drug-likeness (QED) is 0.499. The summed E-state index contributed by atoms with van der Waals surface area (Å²) in [6.45, 7) is 0. The Morgan fingerprint density at radius 3 is 2.03 bits per heavy atom. The van der Waals surface area contributed by atoms with E-state index in [9.17, 15) is 19.2 Å². The molecule has 0 unspecified atom stereocenters. The molecule has 2 aromatic heterocycles. The minimum absolute atomic E-state index is 0.0518. The lowest BCUT2D eigenvalue weighted by Gasteiger charge is -2.14. The second kappa shape index (κ2) is 7.32. The summed E-state index contributed by atoms with van der Waals surface area (Å²) in [5.41, 5.74) is 0.502. The van der Waals surface area contributed by atoms with E-state index in [0.717, 1.165) is 29.1 Å². The van der Waals surface area contributed by atoms with Crippen molar-refractivity contribution in [3.63, 3.8) is 0 Å². The minimum atomic E-state index is -0.975. The van der Waals surface area contributed by atoms with Crippen molar-refractivity contribution in [2.75, 3.05) is 0 Å². The van der Waals surface area contributed by atoms with Crippen molar-refractivity contribution in [3.05, 3.63) is 53.6 Å². The molecule has 4 heterocycles. The third-order valence-electron chi connectivity index (χ3n) is 4.28. The maximum absolute atomic E-state index is 12.2. The number of carbonyl (C=O) groups is 4. The first-order valence-corrected chi connectivity index (χ1v) is 9.23. The lowest BCUT2D eigenvalue weighted by atomic mass is 10.1. The minimum Gasteiger partial charge on any atom is -0.415 e. The average molecular weight is 454 g/mol. The fourth-order valence-electron chi connectivity index (χ4n) is 2.99. The van der Waals surface area contributed by atoms with Crippen LogP contribution in [-0.2, 0) is 19.2 Å². The van der Waals surface area contributed by atoms with Gasteiger partial charge in [-0.25, -0.2) is 19.2 Å². The van der Waals surface area contributed by atoms with Crippen LogP contribution in [0.5, 0.6) is 17.5 Å². The molecule has 32 heavy (non-hydrogen) atoms. The van der Waals surface area contributed by atoms with Gasteiger partial charge in [0, 0.05) is 34.9 Å². The number of aromatic nitrogens is 3. The van der Waals surface area contributed by atoms with Crippen molar-refractivity contribution in [2.24, 2.45) is 0 Å². The molecule has 12 heteroatoms. The SMILES string of the molecule is O=C1C=CC(=O)Oc2c(nc3c4c(-c5ccc(Cl)cc5)nn(c24)OC(=O)C=CC(=O)O3)O1. The predicted octanol–water partition coefficient (Wildman–Crippen LogP) is 1.56. The molecule has 0 radical (unpaired) electrons. The second-order valence-electron chi connectivity index (χ2n) is 6.34. The third kappa shape index (κ3) is 3.36. The first kappa shape index (κ1) is 19.5. The molecule has 0 atom stereocenters. The zero-order valence-electron chi connectivity index (χ0n) is 15.6. The number of fused-ring (bicyclic) bond motifs is 1. The molecule has 1 aromatic carbocycles. The molecule has 11 nitrogen and oxygen atoms in total. The van der Waals surface area contributed by atoms with Gasteiger partial charge in [-0.2, -0.15) is 4.98 Å². The van der Waals surface area contributed by atoms with E-state index in [2.05, 4.69) is 10.1 Å². The molecule has 0 aliphatic carbocycles. The number of esters is 3. The molecule has 0 N–H and O–H groups in total. The lowest BCUT2D eigenvalue weighted by molar-refractivity contribution is -0.140. The fourth-order valence-corrected chi connectivity index (χ4v) is 3.12. The van der Waals surface area contributed by atoms with Crippen LogP contribution in [0.15, 0.2) is 48.6 Å². The smallest absolute Gasteiger partial charge is 0.358 e. The second-order valence-corrected chi connectivity index (χ2v) is 6.78. The summed E-state index contributed by atoms with van der Waals surface area (Å²) in [6, 6.07) is 6.41. The number of rotatable bonds is 1. The van der Waals surface area contributed by atoms with Crippen LogP contribution in [0.2, 0.25) is 5.02 Å². The summed E-state index contributed by atoms with van der Waals surface area (Å²) in [4.78, 5) is 58.5. The van der Waals surface area contributed by atoms with Gasteiger partial charge in [0.2, 0.25) is 11.6 Å². The van der Waals surface area contributed by atoms with Crippen LogP contribution in [0.4, 0.5) is 0 Å². The molecular formula is C20H8ClN3O8. The zero-order valence-corrected chi connectivity index (χ0v) is 16.4. The van der Waals surface area contributed by atoms with Gasteiger partial charge in [-0.05, 0) is 12.1 Å². The third-order valence-corrected chi connectivity index (χ3v) is 4.54. The van der Waals surface area contributed by atoms with Crippen LogP contribution in [0, 0.1) is 0 Å². The van der Waals surface area contributed by atoms with Crippen molar-refractivity contribution >= 4 is 46.4 Å². The van der Waals surface area contributed by atoms with Gasteiger partial charge in [-0.15, -0.1) is 5.10 Å². The molecule has 4 bridgehead atoms. The maximum atomic E-state index is 12.2. The Morgan fingerprint density at radius 1 is 0.750 bits per heavy atom. The Hall–Kier alpha value is -4.51. The van der Waals surface area contributed by atoms with Crippen LogP contribution in [0.25, 0.3) is 22.2 Å². The molecule has 2 aliphatic rings. The Bertz CT molecular complexity index is 1400. The van der Waals surface area contributed by atoms with Gasteiger partial charge in [0.25, 0.3) is 5.88 Å². The standard InChI is InChI=1S/C20H8ClN3O8/c21-10-3-1-9(2-4-10)16-15-17-18-20(31-13(27)6-5-11(25)29-18)22-19(15)30-12(26)7-8-14(28)32-24(17)23-16/h1-8H. The topological polar surface area (TPSA) is 136 Å². The largest absolute Gasteiger partial charge is 0.415 e. The molecular weight excluding hydrogens is 446 g/mol. The van der Waals surface area contributed by atoms with Crippen molar-refractivity contribution in [1.82, 2.24) is 14.9 Å². The van der Waals surface area contributed by atoms with Crippen LogP contribution in [0.3, 0.4) is 0 Å². The maximum Gasteiger partial charge on any atom is 0.358 e. The van der Waals surface area contributed by atoms with E-state index in [1.165, 1.54) is 0 Å². The number of pyridine rings is 1. The van der Waals surface area contributed by atoms with Gasteiger partial charge >= 0.3 is 23.9 Å². The van der Waals surface area contributed by atoms with E-state index >= 15 is 0 Å². The summed E-state index contributed by atoms with van der Waals surface area (Å²) in [5, 5.41) is 4.76. The predicted molar refractivity (Wildman–Crippen MR) is 105 cm³/mol. The summed E-state index contributed by atoms with van der Waals surface area (Å²) in [7, 11) is 0. The molecule has 2 aliphatic heterocycles. The van der Waals surface area contributed by atoms with Crippen molar-refractivity contribution in [2.45, 2.75) is 0 Å². The molecule has 0 saturated heterocycles. The summed E-state index contributed by atoms with van der Waals surface area (Å²) >= 11 is 5.96. The van der Waals surface area contributed by atoms with E-state index in [4.69, 9.17) is 30.6 Å². The van der Waals surface area contributed by atoms with Gasteiger partial charge < -0.3 is 19.0 Å². The van der Waals surface area contributed by atoms with Gasteiger partial charge in [-0.3, -0.25) is 0 Å². The summed E-state index contributed by atoms with van der Waals surface area (Å²) in [6.07, 6.45) is 3.34. The van der Waals surface area contributed by atoms with E-state index in [1.54, 1.807) is 24.3 Å². The Morgan fingerprint density at radius 2 is 1.34 bits per heavy atom. The number of nitrogens with zero attached hydrogens (tertiary/aromatic N) is 3. The van der Waals surface area contributed by atoms with Crippen LogP contribution < -0.4 is 19.0 Å². The summed E-state index contributed by atoms with van der Waals surface area (Å²) in [5.74, 6) is -4.97. The highest BCUT2D eigenvalue weighted by atomic mass is 35.5.